The quantitative estimate of drug-likeness (QED) is 0.777. The van der Waals surface area contributed by atoms with Crippen molar-refractivity contribution in [1.82, 2.24) is 15.2 Å². The van der Waals surface area contributed by atoms with E-state index in [9.17, 15) is 4.79 Å². The molecule has 1 unspecified atom stereocenters. The van der Waals surface area contributed by atoms with Gasteiger partial charge in [-0.1, -0.05) is 39.0 Å². The second-order valence-electron chi connectivity index (χ2n) is 8.63. The standard InChI is InChI=1S/C22H33N3O/c1-17(16-25(5)12-6-10-22(2,3)4)24-21(26)14-18-7-8-20-15-23-11-9-19(20)13-18/h7-9,11,13,15,17H,6,10,12,14,16H2,1-5H3,(H,24,26). The van der Waals surface area contributed by atoms with Crippen LogP contribution in [0.25, 0.3) is 10.8 Å². The maximum absolute atomic E-state index is 12.3. The van der Waals surface area contributed by atoms with Crippen LogP contribution in [0.4, 0.5) is 0 Å². The van der Waals surface area contributed by atoms with Crippen LogP contribution in [0.15, 0.2) is 36.7 Å². The number of pyridine rings is 1. The van der Waals surface area contributed by atoms with E-state index in [2.05, 4.69) is 56.0 Å². The van der Waals surface area contributed by atoms with E-state index >= 15 is 0 Å². The highest BCUT2D eigenvalue weighted by Crippen LogP contribution is 2.20. The molecular formula is C22H33N3O. The van der Waals surface area contributed by atoms with Crippen LogP contribution < -0.4 is 5.32 Å². The van der Waals surface area contributed by atoms with Crippen LogP contribution in [0.5, 0.6) is 0 Å². The molecule has 4 heteroatoms. The van der Waals surface area contributed by atoms with E-state index < -0.39 is 0 Å². The number of hydrogen-bond acceptors (Lipinski definition) is 3. The van der Waals surface area contributed by atoms with Gasteiger partial charge in [-0.2, -0.15) is 0 Å². The molecule has 142 valence electrons. The predicted molar refractivity (Wildman–Crippen MR) is 109 cm³/mol. The van der Waals surface area contributed by atoms with Gasteiger partial charge in [0.2, 0.25) is 5.91 Å². The number of amides is 1. The average Bonchev–Trinajstić information content (AvgIpc) is 2.53. The summed E-state index contributed by atoms with van der Waals surface area (Å²) in [6.07, 6.45) is 6.44. The molecule has 0 aliphatic rings. The van der Waals surface area contributed by atoms with E-state index in [-0.39, 0.29) is 11.9 Å². The summed E-state index contributed by atoms with van der Waals surface area (Å²) < 4.78 is 0. The van der Waals surface area contributed by atoms with Crippen LogP contribution in [0.1, 0.15) is 46.1 Å². The monoisotopic (exact) mass is 355 g/mol. The Morgan fingerprint density at radius 3 is 2.73 bits per heavy atom. The summed E-state index contributed by atoms with van der Waals surface area (Å²) in [7, 11) is 2.13. The van der Waals surface area contributed by atoms with Crippen LogP contribution in [0.2, 0.25) is 0 Å². The van der Waals surface area contributed by atoms with Crippen molar-refractivity contribution in [3.8, 4) is 0 Å². The van der Waals surface area contributed by atoms with E-state index in [1.54, 1.807) is 6.20 Å². The lowest BCUT2D eigenvalue weighted by atomic mass is 9.90. The Morgan fingerprint density at radius 2 is 2.00 bits per heavy atom. The van der Waals surface area contributed by atoms with Crippen LogP contribution in [-0.2, 0) is 11.2 Å². The maximum atomic E-state index is 12.3. The van der Waals surface area contributed by atoms with E-state index in [4.69, 9.17) is 0 Å². The van der Waals surface area contributed by atoms with E-state index in [0.717, 1.165) is 29.4 Å². The topological polar surface area (TPSA) is 45.2 Å². The highest BCUT2D eigenvalue weighted by molar-refractivity contribution is 5.84. The number of hydrogen-bond donors (Lipinski definition) is 1. The van der Waals surface area contributed by atoms with Crippen molar-refractivity contribution in [2.75, 3.05) is 20.1 Å². The molecule has 0 aliphatic carbocycles. The third-order valence-corrected chi connectivity index (χ3v) is 4.53. The molecule has 0 saturated carbocycles. The Kier molecular flexibility index (Phi) is 7.15. The smallest absolute Gasteiger partial charge is 0.224 e. The van der Waals surface area contributed by atoms with Crippen LogP contribution in [0.3, 0.4) is 0 Å². The minimum atomic E-state index is 0.0778. The lowest BCUT2D eigenvalue weighted by Gasteiger charge is -2.24. The van der Waals surface area contributed by atoms with Gasteiger partial charge in [-0.25, -0.2) is 0 Å². The number of benzene rings is 1. The number of carbonyl (C=O) groups is 1. The molecule has 2 rings (SSSR count). The molecular weight excluding hydrogens is 322 g/mol. The molecule has 2 aromatic rings. The molecule has 0 radical (unpaired) electrons. The highest BCUT2D eigenvalue weighted by Gasteiger charge is 2.13. The average molecular weight is 356 g/mol. The second kappa shape index (κ2) is 9.13. The lowest BCUT2D eigenvalue weighted by Crippen LogP contribution is -2.41. The fraction of sp³-hybridized carbons (Fsp3) is 0.545. The summed E-state index contributed by atoms with van der Waals surface area (Å²) in [5.41, 5.74) is 1.42. The van der Waals surface area contributed by atoms with Crippen LogP contribution >= 0.6 is 0 Å². The van der Waals surface area contributed by atoms with Gasteiger partial charge in [0.25, 0.3) is 0 Å². The summed E-state index contributed by atoms with van der Waals surface area (Å²) in [6, 6.07) is 8.22. The van der Waals surface area contributed by atoms with Gasteiger partial charge in [-0.3, -0.25) is 9.78 Å². The van der Waals surface area contributed by atoms with E-state index in [1.807, 2.05) is 24.4 Å². The first kappa shape index (κ1) is 20.4. The van der Waals surface area contributed by atoms with Crippen molar-refractivity contribution in [1.29, 1.82) is 0 Å². The third kappa shape index (κ3) is 7.12. The first-order valence-corrected chi connectivity index (χ1v) is 9.53. The number of fused-ring (bicyclic) bond motifs is 1. The molecule has 4 nitrogen and oxygen atoms in total. The Hall–Kier alpha value is -1.94. The molecule has 1 heterocycles. The fourth-order valence-corrected chi connectivity index (χ4v) is 3.24. The van der Waals surface area contributed by atoms with Crippen LogP contribution in [-0.4, -0.2) is 42.0 Å². The zero-order chi connectivity index (χ0) is 19.2. The van der Waals surface area contributed by atoms with Crippen molar-refractivity contribution in [2.24, 2.45) is 5.41 Å². The van der Waals surface area contributed by atoms with Gasteiger partial charge in [-0.15, -0.1) is 0 Å². The largest absolute Gasteiger partial charge is 0.352 e. The van der Waals surface area contributed by atoms with Gasteiger partial charge in [0, 0.05) is 30.4 Å². The van der Waals surface area contributed by atoms with Gasteiger partial charge in [0.1, 0.15) is 0 Å². The Morgan fingerprint density at radius 1 is 1.23 bits per heavy atom. The minimum Gasteiger partial charge on any atom is -0.352 e. The number of likely N-dealkylation sites (N-methyl/N-ethyl adjacent to an activating group) is 1. The third-order valence-electron chi connectivity index (χ3n) is 4.53. The molecule has 1 aromatic carbocycles. The summed E-state index contributed by atoms with van der Waals surface area (Å²) >= 11 is 0. The molecule has 1 N–H and O–H groups in total. The van der Waals surface area contributed by atoms with Crippen molar-refractivity contribution < 1.29 is 4.79 Å². The number of nitrogens with one attached hydrogen (secondary N) is 1. The molecule has 0 saturated heterocycles. The lowest BCUT2D eigenvalue weighted by molar-refractivity contribution is -0.121. The molecule has 0 aliphatic heterocycles. The van der Waals surface area contributed by atoms with Gasteiger partial charge in [0.05, 0.1) is 6.42 Å². The van der Waals surface area contributed by atoms with Crippen molar-refractivity contribution in [3.63, 3.8) is 0 Å². The van der Waals surface area contributed by atoms with Gasteiger partial charge in [0.15, 0.2) is 0 Å². The number of carbonyl (C=O) groups excluding carboxylic acids is 1. The van der Waals surface area contributed by atoms with Crippen molar-refractivity contribution >= 4 is 16.7 Å². The van der Waals surface area contributed by atoms with Crippen molar-refractivity contribution in [2.45, 2.75) is 53.0 Å². The van der Waals surface area contributed by atoms with Gasteiger partial charge < -0.3 is 10.2 Å². The van der Waals surface area contributed by atoms with E-state index in [1.165, 1.54) is 12.8 Å². The van der Waals surface area contributed by atoms with Gasteiger partial charge in [-0.05, 0) is 55.8 Å². The molecule has 0 bridgehead atoms. The summed E-state index contributed by atoms with van der Waals surface area (Å²) in [4.78, 5) is 18.8. The summed E-state index contributed by atoms with van der Waals surface area (Å²) in [5, 5.41) is 5.34. The Balaban J connectivity index is 1.77. The Bertz CT molecular complexity index is 721. The maximum Gasteiger partial charge on any atom is 0.224 e. The fourth-order valence-electron chi connectivity index (χ4n) is 3.24. The normalized spacial score (nSPS) is 13.2. The molecule has 0 spiro atoms. The van der Waals surface area contributed by atoms with Crippen LogP contribution in [0, 0.1) is 5.41 Å². The SMILES string of the molecule is CC(CN(C)CCCC(C)(C)C)NC(=O)Cc1ccc2cnccc2c1. The molecule has 0 fully saturated rings. The zero-order valence-corrected chi connectivity index (χ0v) is 16.9. The zero-order valence-electron chi connectivity index (χ0n) is 16.9. The summed E-state index contributed by atoms with van der Waals surface area (Å²) in [5.74, 6) is 0.0778. The van der Waals surface area contributed by atoms with Crippen molar-refractivity contribution in [3.05, 3.63) is 42.2 Å². The molecule has 1 aromatic heterocycles. The minimum absolute atomic E-state index is 0.0778. The number of nitrogens with zero attached hydrogens (tertiary/aromatic N) is 2. The van der Waals surface area contributed by atoms with Gasteiger partial charge >= 0.3 is 0 Å². The number of aromatic nitrogens is 1. The molecule has 26 heavy (non-hydrogen) atoms. The van der Waals surface area contributed by atoms with E-state index in [0.29, 0.717) is 11.8 Å². The first-order chi connectivity index (χ1) is 12.2. The Labute approximate surface area is 158 Å². The highest BCUT2D eigenvalue weighted by atomic mass is 16.1. The first-order valence-electron chi connectivity index (χ1n) is 9.53. The predicted octanol–water partition coefficient (Wildman–Crippen LogP) is 4.04. The molecule has 1 atom stereocenters. The molecule has 1 amide bonds. The summed E-state index contributed by atoms with van der Waals surface area (Å²) in [6.45, 7) is 10.8. The number of rotatable bonds is 8. The second-order valence-corrected chi connectivity index (χ2v) is 8.63.